The zero-order chi connectivity index (χ0) is 17.6. The van der Waals surface area contributed by atoms with E-state index >= 15 is 0 Å². The van der Waals surface area contributed by atoms with Gasteiger partial charge in [0.15, 0.2) is 0 Å². The van der Waals surface area contributed by atoms with Gasteiger partial charge in [0.1, 0.15) is 10.8 Å². The van der Waals surface area contributed by atoms with Crippen molar-refractivity contribution in [1.82, 2.24) is 14.6 Å². The van der Waals surface area contributed by atoms with Crippen molar-refractivity contribution in [3.63, 3.8) is 0 Å². The molecule has 0 bridgehead atoms. The second-order valence-corrected chi connectivity index (χ2v) is 8.67. The molecule has 2 aromatic heterocycles. The van der Waals surface area contributed by atoms with Crippen LogP contribution in [0.4, 0.5) is 10.1 Å². The van der Waals surface area contributed by atoms with E-state index in [2.05, 4.69) is 14.8 Å². The summed E-state index contributed by atoms with van der Waals surface area (Å²) in [6.07, 6.45) is 0. The molecule has 0 atom stereocenters. The second-order valence-electron chi connectivity index (χ2n) is 5.50. The van der Waals surface area contributed by atoms with Crippen LogP contribution in [0, 0.1) is 12.7 Å². The lowest BCUT2D eigenvalue weighted by atomic mass is 10.2. The topological polar surface area (TPSA) is 76.4 Å². The highest BCUT2D eigenvalue weighted by molar-refractivity contribution is 7.92. The number of halogens is 2. The first-order valence-corrected chi connectivity index (χ1v) is 9.70. The first kappa shape index (κ1) is 17.1. The zero-order valence-electron chi connectivity index (χ0n) is 13.0. The van der Waals surface area contributed by atoms with Gasteiger partial charge in [-0.1, -0.05) is 36.8 Å². The number of aryl methyl sites for hydroxylation is 1. The molecule has 0 aliphatic heterocycles. The SMILES string of the molecule is Cc1nn2c(S(=O)(=O)Nc3ccc(F)cc3Cl)c(C(C)C)nc2s1. The number of sulfonamides is 1. The van der Waals surface area contributed by atoms with Gasteiger partial charge in [-0.3, -0.25) is 4.72 Å². The number of nitrogens with one attached hydrogen (secondary N) is 1. The van der Waals surface area contributed by atoms with E-state index in [-0.39, 0.29) is 21.7 Å². The average molecular weight is 389 g/mol. The summed E-state index contributed by atoms with van der Waals surface area (Å²) in [6, 6.07) is 3.45. The number of aromatic nitrogens is 3. The summed E-state index contributed by atoms with van der Waals surface area (Å²) >= 11 is 7.22. The van der Waals surface area contributed by atoms with E-state index in [1.165, 1.54) is 21.9 Å². The predicted molar refractivity (Wildman–Crippen MR) is 91.9 cm³/mol. The number of anilines is 1. The van der Waals surface area contributed by atoms with Crippen molar-refractivity contribution in [3.8, 4) is 0 Å². The number of rotatable bonds is 4. The van der Waals surface area contributed by atoms with Crippen LogP contribution in [0.15, 0.2) is 23.2 Å². The summed E-state index contributed by atoms with van der Waals surface area (Å²) in [5, 5.41) is 4.86. The number of hydrogen-bond donors (Lipinski definition) is 1. The minimum absolute atomic E-state index is 0.0279. The van der Waals surface area contributed by atoms with E-state index in [4.69, 9.17) is 11.6 Å². The molecule has 10 heteroatoms. The van der Waals surface area contributed by atoms with Gasteiger partial charge in [-0.15, -0.1) is 0 Å². The third kappa shape index (κ3) is 2.99. The van der Waals surface area contributed by atoms with Crippen LogP contribution < -0.4 is 4.72 Å². The lowest BCUT2D eigenvalue weighted by molar-refractivity contribution is 0.589. The molecule has 2 heterocycles. The van der Waals surface area contributed by atoms with Gasteiger partial charge in [-0.2, -0.15) is 18.0 Å². The maximum atomic E-state index is 13.2. The Balaban J connectivity index is 2.15. The maximum Gasteiger partial charge on any atom is 0.281 e. The molecule has 1 N–H and O–H groups in total. The summed E-state index contributed by atoms with van der Waals surface area (Å²) in [5.74, 6) is -0.665. The van der Waals surface area contributed by atoms with Crippen LogP contribution in [0.5, 0.6) is 0 Å². The van der Waals surface area contributed by atoms with E-state index in [1.54, 1.807) is 6.92 Å². The molecule has 0 fully saturated rings. The number of hydrogen-bond acceptors (Lipinski definition) is 5. The Bertz CT molecular complexity index is 1030. The molecule has 6 nitrogen and oxygen atoms in total. The second kappa shape index (κ2) is 5.98. The molecule has 3 aromatic rings. The summed E-state index contributed by atoms with van der Waals surface area (Å²) in [6.45, 7) is 5.47. The van der Waals surface area contributed by atoms with Crippen LogP contribution in [-0.4, -0.2) is 23.0 Å². The number of fused-ring (bicyclic) bond motifs is 1. The smallest absolute Gasteiger partial charge is 0.277 e. The standard InChI is InChI=1S/C14H14ClFN4O2S2/c1-7(2)12-13(20-14(17-12)23-8(3)18-20)24(21,22)19-11-5-4-9(16)6-10(11)15/h4-7,19H,1-3H3. The number of imidazole rings is 1. The van der Waals surface area contributed by atoms with Gasteiger partial charge in [-0.25, -0.2) is 9.37 Å². The first-order chi connectivity index (χ1) is 11.2. The van der Waals surface area contributed by atoms with Crippen LogP contribution in [0.3, 0.4) is 0 Å². The van der Waals surface area contributed by atoms with Gasteiger partial charge in [0.2, 0.25) is 9.99 Å². The molecule has 24 heavy (non-hydrogen) atoms. The minimum Gasteiger partial charge on any atom is -0.277 e. The normalized spacial score (nSPS) is 12.2. The average Bonchev–Trinajstić information content (AvgIpc) is 2.97. The van der Waals surface area contributed by atoms with Crippen molar-refractivity contribution in [2.45, 2.75) is 31.7 Å². The summed E-state index contributed by atoms with van der Waals surface area (Å²) in [7, 11) is -4.01. The summed E-state index contributed by atoms with van der Waals surface area (Å²) < 4.78 is 42.6. The molecule has 1 aromatic carbocycles. The van der Waals surface area contributed by atoms with Crippen molar-refractivity contribution < 1.29 is 12.8 Å². The van der Waals surface area contributed by atoms with Crippen LogP contribution in [0.1, 0.15) is 30.5 Å². The molecule has 0 aliphatic carbocycles. The highest BCUT2D eigenvalue weighted by Crippen LogP contribution is 2.30. The fourth-order valence-corrected chi connectivity index (χ4v) is 4.79. The van der Waals surface area contributed by atoms with Crippen molar-refractivity contribution in [2.24, 2.45) is 0 Å². The Kier molecular flexibility index (Phi) is 4.27. The fraction of sp³-hybridized carbons (Fsp3) is 0.286. The van der Waals surface area contributed by atoms with Crippen LogP contribution in [0.2, 0.25) is 5.02 Å². The predicted octanol–water partition coefficient (Wildman–Crippen LogP) is 3.82. The van der Waals surface area contributed by atoms with Crippen LogP contribution >= 0.6 is 22.9 Å². The number of nitrogens with zero attached hydrogens (tertiary/aromatic N) is 3. The third-order valence-electron chi connectivity index (χ3n) is 3.27. The fourth-order valence-electron chi connectivity index (χ4n) is 2.23. The van der Waals surface area contributed by atoms with Crippen LogP contribution in [-0.2, 0) is 10.0 Å². The lowest BCUT2D eigenvalue weighted by Gasteiger charge is -2.11. The lowest BCUT2D eigenvalue weighted by Crippen LogP contribution is -2.18. The Labute approximate surface area is 147 Å². The molecule has 0 aliphatic rings. The van der Waals surface area contributed by atoms with E-state index < -0.39 is 15.8 Å². The minimum atomic E-state index is -4.01. The van der Waals surface area contributed by atoms with E-state index in [0.717, 1.165) is 12.1 Å². The van der Waals surface area contributed by atoms with Gasteiger partial charge >= 0.3 is 0 Å². The Hall–Kier alpha value is -1.71. The molecule has 128 valence electrons. The molecule has 0 saturated heterocycles. The van der Waals surface area contributed by atoms with E-state index in [1.807, 2.05) is 13.8 Å². The molecule has 0 spiro atoms. The number of benzene rings is 1. The highest BCUT2D eigenvalue weighted by Gasteiger charge is 2.29. The van der Waals surface area contributed by atoms with Crippen molar-refractivity contribution >= 4 is 43.6 Å². The van der Waals surface area contributed by atoms with Gasteiger partial charge in [0.05, 0.1) is 16.4 Å². The van der Waals surface area contributed by atoms with Gasteiger partial charge in [0, 0.05) is 0 Å². The molecule has 0 saturated carbocycles. The van der Waals surface area contributed by atoms with Crippen molar-refractivity contribution in [2.75, 3.05) is 4.72 Å². The third-order valence-corrected chi connectivity index (χ3v) is 5.78. The largest absolute Gasteiger partial charge is 0.281 e. The molecule has 0 unspecified atom stereocenters. The Morgan fingerprint density at radius 3 is 2.71 bits per heavy atom. The summed E-state index contributed by atoms with van der Waals surface area (Å²) in [4.78, 5) is 4.89. The molecular weight excluding hydrogens is 375 g/mol. The quantitative estimate of drug-likeness (QED) is 0.737. The Morgan fingerprint density at radius 2 is 2.08 bits per heavy atom. The Morgan fingerprint density at radius 1 is 1.38 bits per heavy atom. The monoisotopic (exact) mass is 388 g/mol. The van der Waals surface area contributed by atoms with Crippen molar-refractivity contribution in [3.05, 3.63) is 39.7 Å². The maximum absolute atomic E-state index is 13.2. The summed E-state index contributed by atoms with van der Waals surface area (Å²) in [5.41, 5.74) is 0.508. The molecule has 0 radical (unpaired) electrons. The van der Waals surface area contributed by atoms with Gasteiger partial charge in [-0.05, 0) is 31.0 Å². The molecule has 0 amide bonds. The van der Waals surface area contributed by atoms with Gasteiger partial charge in [0.25, 0.3) is 10.0 Å². The van der Waals surface area contributed by atoms with E-state index in [0.29, 0.717) is 15.7 Å². The molecular formula is C14H14ClFN4O2S2. The van der Waals surface area contributed by atoms with Gasteiger partial charge < -0.3 is 0 Å². The zero-order valence-corrected chi connectivity index (χ0v) is 15.4. The van der Waals surface area contributed by atoms with Crippen molar-refractivity contribution in [1.29, 1.82) is 0 Å². The van der Waals surface area contributed by atoms with E-state index in [9.17, 15) is 12.8 Å². The first-order valence-electron chi connectivity index (χ1n) is 7.03. The highest BCUT2D eigenvalue weighted by atomic mass is 35.5. The van der Waals surface area contributed by atoms with Crippen LogP contribution in [0.25, 0.3) is 4.96 Å². The molecule has 3 rings (SSSR count).